The number of alkyl halides is 3. The number of hydrogen-bond acceptors (Lipinski definition) is 2. The first-order chi connectivity index (χ1) is 4.84. The molecule has 0 bridgehead atoms. The molecule has 0 saturated carbocycles. The maximum Gasteiger partial charge on any atom is 0.432 e. The van der Waals surface area contributed by atoms with E-state index < -0.39 is 17.8 Å². The number of nitrogens with one attached hydrogen (secondary N) is 1. The van der Waals surface area contributed by atoms with Crippen LogP contribution in [0.25, 0.3) is 0 Å². The van der Waals surface area contributed by atoms with Gasteiger partial charge >= 0.3 is 6.18 Å². The summed E-state index contributed by atoms with van der Waals surface area (Å²) in [5.41, 5.74) is 2.89. The summed E-state index contributed by atoms with van der Waals surface area (Å²) in [4.78, 5) is 9.90. The second-order valence-corrected chi connectivity index (χ2v) is 1.65. The van der Waals surface area contributed by atoms with Crippen molar-refractivity contribution in [3.05, 3.63) is 12.2 Å². The van der Waals surface area contributed by atoms with Gasteiger partial charge in [0.2, 0.25) is 5.91 Å². The van der Waals surface area contributed by atoms with Gasteiger partial charge in [0, 0.05) is 6.08 Å². The van der Waals surface area contributed by atoms with Crippen LogP contribution in [0.15, 0.2) is 12.2 Å². The van der Waals surface area contributed by atoms with Crippen LogP contribution >= 0.6 is 0 Å². The molecular formula is C5H5F3N2O. The number of carbonyl (C=O) groups excluding carboxylic acids is 1. The predicted molar refractivity (Wildman–Crippen MR) is 32.1 cm³/mol. The molecule has 0 radical (unpaired) electrons. The average molecular weight is 166 g/mol. The standard InChI is InChI=1S/C5H5F3N2O/c6-5(7,8)3(9)1-2-4(10)11/h1-2,9H,(H2,10,11)/b2-1+,9-3?. The fourth-order valence-electron chi connectivity index (χ4n) is 0.260. The molecule has 1 amide bonds. The van der Waals surface area contributed by atoms with E-state index in [4.69, 9.17) is 5.41 Å². The molecule has 0 fully saturated rings. The van der Waals surface area contributed by atoms with E-state index in [1.807, 2.05) is 0 Å². The van der Waals surface area contributed by atoms with Gasteiger partial charge in [-0.15, -0.1) is 0 Å². The van der Waals surface area contributed by atoms with Crippen LogP contribution in [0.3, 0.4) is 0 Å². The number of halogens is 3. The number of allylic oxidation sites excluding steroid dienone is 1. The fraction of sp³-hybridized carbons (Fsp3) is 0.200. The summed E-state index contributed by atoms with van der Waals surface area (Å²) in [5, 5.41) is 6.31. The first-order valence-electron chi connectivity index (χ1n) is 2.47. The Morgan fingerprint density at radius 3 is 2.09 bits per heavy atom. The summed E-state index contributed by atoms with van der Waals surface area (Å²) in [6, 6.07) is 0. The normalized spacial score (nSPS) is 11.9. The third kappa shape index (κ3) is 4.12. The number of nitrogens with two attached hydrogens (primary N) is 1. The second kappa shape index (κ2) is 3.18. The van der Waals surface area contributed by atoms with Crippen LogP contribution in [0.5, 0.6) is 0 Å². The Kier molecular flexibility index (Phi) is 2.79. The molecule has 0 aliphatic carbocycles. The van der Waals surface area contributed by atoms with Crippen molar-refractivity contribution < 1.29 is 18.0 Å². The number of carbonyl (C=O) groups is 1. The molecule has 6 heteroatoms. The van der Waals surface area contributed by atoms with E-state index in [2.05, 4.69) is 5.73 Å². The van der Waals surface area contributed by atoms with Crippen LogP contribution < -0.4 is 5.73 Å². The molecule has 3 nitrogen and oxygen atoms in total. The van der Waals surface area contributed by atoms with Crippen LogP contribution in [0.2, 0.25) is 0 Å². The zero-order valence-electron chi connectivity index (χ0n) is 5.27. The van der Waals surface area contributed by atoms with E-state index in [0.29, 0.717) is 12.2 Å². The third-order valence-electron chi connectivity index (χ3n) is 0.720. The van der Waals surface area contributed by atoms with Gasteiger partial charge in [-0.25, -0.2) is 0 Å². The molecule has 62 valence electrons. The van der Waals surface area contributed by atoms with Gasteiger partial charge in [-0.05, 0) is 6.08 Å². The topological polar surface area (TPSA) is 66.9 Å². The van der Waals surface area contributed by atoms with Gasteiger partial charge in [-0.1, -0.05) is 0 Å². The Hall–Kier alpha value is -1.33. The van der Waals surface area contributed by atoms with Crippen LogP contribution in [0.4, 0.5) is 13.2 Å². The quantitative estimate of drug-likeness (QED) is 0.458. The summed E-state index contributed by atoms with van der Waals surface area (Å²) in [5.74, 6) is -1.01. The van der Waals surface area contributed by atoms with Gasteiger partial charge in [0.05, 0.1) is 0 Å². The lowest BCUT2D eigenvalue weighted by molar-refractivity contribution is -0.113. The highest BCUT2D eigenvalue weighted by molar-refractivity contribution is 6.01. The second-order valence-electron chi connectivity index (χ2n) is 1.65. The molecule has 0 aromatic rings. The zero-order valence-corrected chi connectivity index (χ0v) is 5.27. The Bertz CT molecular complexity index is 206. The molecule has 0 saturated heterocycles. The minimum atomic E-state index is -4.72. The Labute approximate surface area is 60.2 Å². The highest BCUT2D eigenvalue weighted by Crippen LogP contribution is 2.16. The van der Waals surface area contributed by atoms with Gasteiger partial charge in [0.1, 0.15) is 5.71 Å². The number of rotatable bonds is 2. The van der Waals surface area contributed by atoms with Crippen molar-refractivity contribution in [3.63, 3.8) is 0 Å². The van der Waals surface area contributed by atoms with Crippen molar-refractivity contribution in [1.29, 1.82) is 5.41 Å². The Balaban J connectivity index is 4.20. The molecule has 0 atom stereocenters. The molecule has 0 spiro atoms. The fourth-order valence-corrected chi connectivity index (χ4v) is 0.260. The van der Waals surface area contributed by atoms with Crippen LogP contribution in [0.1, 0.15) is 0 Å². The van der Waals surface area contributed by atoms with Crippen molar-refractivity contribution >= 4 is 11.6 Å². The van der Waals surface area contributed by atoms with E-state index in [1.54, 1.807) is 0 Å². The van der Waals surface area contributed by atoms with E-state index in [0.717, 1.165) is 0 Å². The first kappa shape index (κ1) is 9.67. The van der Waals surface area contributed by atoms with Gasteiger partial charge < -0.3 is 5.73 Å². The zero-order chi connectivity index (χ0) is 9.07. The molecule has 0 aromatic carbocycles. The summed E-state index contributed by atoms with van der Waals surface area (Å²) >= 11 is 0. The first-order valence-corrected chi connectivity index (χ1v) is 2.47. The molecular weight excluding hydrogens is 161 g/mol. The summed E-state index contributed by atoms with van der Waals surface area (Å²) in [7, 11) is 0. The van der Waals surface area contributed by atoms with Crippen molar-refractivity contribution in [2.75, 3.05) is 0 Å². The minimum Gasteiger partial charge on any atom is -0.366 e. The van der Waals surface area contributed by atoms with Gasteiger partial charge in [0.15, 0.2) is 0 Å². The van der Waals surface area contributed by atoms with Gasteiger partial charge in [-0.2, -0.15) is 13.2 Å². The monoisotopic (exact) mass is 166 g/mol. The summed E-state index contributed by atoms with van der Waals surface area (Å²) < 4.78 is 34.4. The Morgan fingerprint density at radius 1 is 1.36 bits per heavy atom. The van der Waals surface area contributed by atoms with E-state index in [-0.39, 0.29) is 0 Å². The van der Waals surface area contributed by atoms with Crippen LogP contribution in [-0.2, 0) is 4.79 Å². The molecule has 0 rings (SSSR count). The lowest BCUT2D eigenvalue weighted by Crippen LogP contribution is -2.20. The van der Waals surface area contributed by atoms with Crippen molar-refractivity contribution in [1.82, 2.24) is 0 Å². The average Bonchev–Trinajstić information content (AvgIpc) is 1.80. The molecule has 0 aliphatic heterocycles. The van der Waals surface area contributed by atoms with E-state index in [1.165, 1.54) is 0 Å². The SMILES string of the molecule is N=C(/C=C/C(N)=O)C(F)(F)F. The van der Waals surface area contributed by atoms with Crippen LogP contribution in [-0.4, -0.2) is 17.8 Å². The smallest absolute Gasteiger partial charge is 0.366 e. The molecule has 0 unspecified atom stereocenters. The highest BCUT2D eigenvalue weighted by Gasteiger charge is 2.32. The highest BCUT2D eigenvalue weighted by atomic mass is 19.4. The largest absolute Gasteiger partial charge is 0.432 e. The maximum atomic E-state index is 11.5. The minimum absolute atomic E-state index is 0.308. The van der Waals surface area contributed by atoms with Crippen molar-refractivity contribution in [2.24, 2.45) is 5.73 Å². The molecule has 0 heterocycles. The lowest BCUT2D eigenvalue weighted by Gasteiger charge is -2.01. The van der Waals surface area contributed by atoms with Gasteiger partial charge in [0.25, 0.3) is 0 Å². The molecule has 11 heavy (non-hydrogen) atoms. The summed E-state index contributed by atoms with van der Waals surface area (Å²) in [6.07, 6.45) is -3.93. The Morgan fingerprint density at radius 2 is 1.82 bits per heavy atom. The number of hydrogen-bond donors (Lipinski definition) is 2. The number of amides is 1. The predicted octanol–water partition coefficient (Wildman–Crippen LogP) is 0.610. The lowest BCUT2D eigenvalue weighted by atomic mass is 10.3. The summed E-state index contributed by atoms with van der Waals surface area (Å²) in [6.45, 7) is 0. The molecule has 3 N–H and O–H groups in total. The van der Waals surface area contributed by atoms with Crippen molar-refractivity contribution in [3.8, 4) is 0 Å². The molecule has 0 aromatic heterocycles. The maximum absolute atomic E-state index is 11.5. The third-order valence-corrected chi connectivity index (χ3v) is 0.720. The number of primary amides is 1. The van der Waals surface area contributed by atoms with Crippen molar-refractivity contribution in [2.45, 2.75) is 6.18 Å². The van der Waals surface area contributed by atoms with Gasteiger partial charge in [-0.3, -0.25) is 10.2 Å². The van der Waals surface area contributed by atoms with Crippen LogP contribution in [0, 0.1) is 5.41 Å². The van der Waals surface area contributed by atoms with E-state index in [9.17, 15) is 18.0 Å². The van der Waals surface area contributed by atoms with E-state index >= 15 is 0 Å². The molecule has 0 aliphatic rings.